The second-order valence-electron chi connectivity index (χ2n) is 11.7. The number of carboxylic acid groups (broad SMARTS) is 1. The van der Waals surface area contributed by atoms with Gasteiger partial charge in [-0.1, -0.05) is 23.7 Å². The molecule has 2 aliphatic heterocycles. The van der Waals surface area contributed by atoms with Gasteiger partial charge in [-0.05, 0) is 55.0 Å². The Morgan fingerprint density at radius 3 is 2.63 bits per heavy atom. The first-order valence-electron chi connectivity index (χ1n) is 14.5. The number of ether oxygens (including phenoxy) is 3. The topological polar surface area (TPSA) is 98.9 Å². The maximum atomic E-state index is 14.2. The Labute approximate surface area is 253 Å². The highest BCUT2D eigenvalue weighted by Crippen LogP contribution is 2.58. The van der Waals surface area contributed by atoms with Crippen LogP contribution in [0, 0.1) is 24.6 Å². The zero-order chi connectivity index (χ0) is 29.8. The number of rotatable bonds is 10. The molecule has 43 heavy (non-hydrogen) atoms. The molecule has 4 heterocycles. The molecule has 1 saturated carbocycles. The number of aryl methyl sites for hydroxylation is 1. The minimum atomic E-state index is -1.00. The average Bonchev–Trinajstić information content (AvgIpc) is 3.27. The number of hydrogen-bond donors (Lipinski definition) is 1. The lowest BCUT2D eigenvalue weighted by Gasteiger charge is -2.28. The summed E-state index contributed by atoms with van der Waals surface area (Å²) in [6, 6.07) is 11.6. The van der Waals surface area contributed by atoms with Gasteiger partial charge in [0.2, 0.25) is 5.88 Å². The molecule has 0 amide bonds. The Balaban J connectivity index is 1.06. The van der Waals surface area contributed by atoms with E-state index in [1.165, 1.54) is 19.2 Å². The van der Waals surface area contributed by atoms with E-state index in [0.717, 1.165) is 48.7 Å². The summed E-state index contributed by atoms with van der Waals surface area (Å²) in [7, 11) is 1.54. The summed E-state index contributed by atoms with van der Waals surface area (Å²) >= 11 is 5.87. The first-order valence-corrected chi connectivity index (χ1v) is 14.9. The van der Waals surface area contributed by atoms with Crippen molar-refractivity contribution in [2.24, 2.45) is 11.8 Å². The lowest BCUT2D eigenvalue weighted by atomic mass is 10.1. The number of pyridine rings is 1. The van der Waals surface area contributed by atoms with Crippen molar-refractivity contribution in [3.63, 3.8) is 0 Å². The maximum absolute atomic E-state index is 14.2. The SMILES string of the molecule is COc1cc(C(=O)O)cc2c1nc(CN1C[C@@H]3C(c4nc(OCc5ccc(Cl)cc5F)ccc4C)[C@@H]3C1)n2CC1CCO1. The highest BCUT2D eigenvalue weighted by molar-refractivity contribution is 6.30. The summed E-state index contributed by atoms with van der Waals surface area (Å²) in [5.41, 5.74) is 4.19. The number of carbonyl (C=O) groups is 1. The predicted octanol–water partition coefficient (Wildman–Crippen LogP) is 5.45. The van der Waals surface area contributed by atoms with Crippen molar-refractivity contribution in [2.45, 2.75) is 45.1 Å². The largest absolute Gasteiger partial charge is 0.494 e. The first-order chi connectivity index (χ1) is 20.8. The van der Waals surface area contributed by atoms with Gasteiger partial charge in [0.05, 0.1) is 43.1 Å². The highest BCUT2D eigenvalue weighted by Gasteiger charge is 2.57. The van der Waals surface area contributed by atoms with Gasteiger partial charge in [-0.2, -0.15) is 0 Å². The van der Waals surface area contributed by atoms with E-state index in [-0.39, 0.29) is 18.3 Å². The van der Waals surface area contributed by atoms with E-state index >= 15 is 0 Å². The monoisotopic (exact) mass is 606 g/mol. The molecule has 4 atom stereocenters. The number of methoxy groups -OCH3 is 1. The van der Waals surface area contributed by atoms with E-state index in [0.29, 0.717) is 58.6 Å². The van der Waals surface area contributed by atoms with Crippen LogP contribution in [-0.2, 0) is 24.4 Å². The van der Waals surface area contributed by atoms with Crippen molar-refractivity contribution in [3.05, 3.63) is 81.5 Å². The third-order valence-corrected chi connectivity index (χ3v) is 9.23. The van der Waals surface area contributed by atoms with Crippen molar-refractivity contribution < 1.29 is 28.5 Å². The Morgan fingerprint density at radius 1 is 1.16 bits per heavy atom. The highest BCUT2D eigenvalue weighted by atomic mass is 35.5. The molecule has 9 nitrogen and oxygen atoms in total. The maximum Gasteiger partial charge on any atom is 0.335 e. The van der Waals surface area contributed by atoms with E-state index in [9.17, 15) is 14.3 Å². The molecule has 4 aromatic rings. The molecule has 7 rings (SSSR count). The van der Waals surface area contributed by atoms with Crippen molar-refractivity contribution in [3.8, 4) is 11.6 Å². The van der Waals surface area contributed by atoms with Crippen LogP contribution in [0.5, 0.6) is 11.6 Å². The number of benzene rings is 2. The summed E-state index contributed by atoms with van der Waals surface area (Å²) in [6.45, 7) is 5.99. The molecule has 224 valence electrons. The van der Waals surface area contributed by atoms with Crippen molar-refractivity contribution in [2.75, 3.05) is 26.8 Å². The molecular formula is C32H32ClFN4O5. The van der Waals surface area contributed by atoms with Gasteiger partial charge in [0, 0.05) is 42.3 Å². The minimum Gasteiger partial charge on any atom is -0.494 e. The van der Waals surface area contributed by atoms with E-state index < -0.39 is 11.8 Å². The molecule has 0 radical (unpaired) electrons. The first kappa shape index (κ1) is 28.1. The van der Waals surface area contributed by atoms with E-state index in [4.69, 9.17) is 35.8 Å². The Kier molecular flexibility index (Phi) is 7.23. The van der Waals surface area contributed by atoms with Crippen LogP contribution in [0.4, 0.5) is 4.39 Å². The number of nitrogens with zero attached hydrogens (tertiary/aromatic N) is 4. The van der Waals surface area contributed by atoms with Crippen LogP contribution in [0.15, 0.2) is 42.5 Å². The molecule has 3 fully saturated rings. The molecule has 2 unspecified atom stereocenters. The van der Waals surface area contributed by atoms with Gasteiger partial charge >= 0.3 is 5.97 Å². The molecule has 1 aliphatic carbocycles. The standard InChI is InChI=1S/C32H32ClFN4O5/c1-17-3-6-28(43-16-18-4-5-20(33)11-24(18)34)36-30(17)29-22-13-37(14-23(22)29)15-27-35-31-25(38(27)12-21-7-8-42-21)9-19(32(39)40)10-26(31)41-2/h3-6,9-11,21-23,29H,7-8,12-16H2,1-2H3,(H,39,40)/t21?,22-,23+,29?. The second kappa shape index (κ2) is 11.1. The molecule has 2 aromatic heterocycles. The fourth-order valence-corrected chi connectivity index (χ4v) is 6.72. The second-order valence-corrected chi connectivity index (χ2v) is 12.1. The van der Waals surface area contributed by atoms with Crippen LogP contribution >= 0.6 is 11.6 Å². The van der Waals surface area contributed by atoms with Gasteiger partial charge in [0.25, 0.3) is 0 Å². The van der Waals surface area contributed by atoms with Crippen LogP contribution in [0.25, 0.3) is 11.0 Å². The van der Waals surface area contributed by atoms with E-state index in [1.54, 1.807) is 18.2 Å². The lowest BCUT2D eigenvalue weighted by Crippen LogP contribution is -2.33. The van der Waals surface area contributed by atoms with Crippen LogP contribution in [0.3, 0.4) is 0 Å². The van der Waals surface area contributed by atoms with Crippen molar-refractivity contribution in [1.29, 1.82) is 0 Å². The van der Waals surface area contributed by atoms with Gasteiger partial charge < -0.3 is 23.9 Å². The molecule has 0 spiro atoms. The smallest absolute Gasteiger partial charge is 0.335 e. The summed E-state index contributed by atoms with van der Waals surface area (Å²) < 4.78 is 33.4. The molecule has 1 N–H and O–H groups in total. The Morgan fingerprint density at radius 2 is 1.95 bits per heavy atom. The number of aromatic nitrogens is 3. The third-order valence-electron chi connectivity index (χ3n) is 9.00. The van der Waals surface area contributed by atoms with Crippen LogP contribution in [0.2, 0.25) is 5.02 Å². The molecule has 0 bridgehead atoms. The fraction of sp³-hybridized carbons (Fsp3) is 0.406. The Bertz CT molecular complexity index is 1710. The van der Waals surface area contributed by atoms with Crippen LogP contribution in [0.1, 0.15) is 45.3 Å². The number of carboxylic acids is 1. The zero-order valence-electron chi connectivity index (χ0n) is 23.9. The molecule has 2 aromatic carbocycles. The number of likely N-dealkylation sites (tertiary alicyclic amines) is 1. The third kappa shape index (κ3) is 5.32. The number of aromatic carboxylic acids is 1. The van der Waals surface area contributed by atoms with Gasteiger partial charge in [-0.25, -0.2) is 19.2 Å². The number of fused-ring (bicyclic) bond motifs is 2. The summed E-state index contributed by atoms with van der Waals surface area (Å²) in [5, 5.41) is 10.0. The van der Waals surface area contributed by atoms with Gasteiger partial charge in [0.15, 0.2) is 0 Å². The van der Waals surface area contributed by atoms with E-state index in [2.05, 4.69) is 16.4 Å². The molecule has 2 saturated heterocycles. The average molecular weight is 607 g/mol. The molecule has 3 aliphatic rings. The van der Waals surface area contributed by atoms with Crippen LogP contribution < -0.4 is 9.47 Å². The number of piperidine rings is 1. The summed E-state index contributed by atoms with van der Waals surface area (Å²) in [4.78, 5) is 24.0. The van der Waals surface area contributed by atoms with Crippen molar-refractivity contribution >= 4 is 28.6 Å². The fourth-order valence-electron chi connectivity index (χ4n) is 6.56. The van der Waals surface area contributed by atoms with Crippen LogP contribution in [-0.4, -0.2) is 63.4 Å². The predicted molar refractivity (Wildman–Crippen MR) is 157 cm³/mol. The lowest BCUT2D eigenvalue weighted by molar-refractivity contribution is -0.0591. The summed E-state index contributed by atoms with van der Waals surface area (Å²) in [5.74, 6) is 1.74. The minimum absolute atomic E-state index is 0.0788. The van der Waals surface area contributed by atoms with Gasteiger partial charge in [-0.15, -0.1) is 0 Å². The molecule has 11 heteroatoms. The number of halogens is 2. The molecular weight excluding hydrogens is 575 g/mol. The van der Waals surface area contributed by atoms with Gasteiger partial charge in [-0.3, -0.25) is 4.90 Å². The Hall–Kier alpha value is -3.73. The zero-order valence-corrected chi connectivity index (χ0v) is 24.7. The number of imidazole rings is 1. The quantitative estimate of drug-likeness (QED) is 0.254. The normalized spacial score (nSPS) is 22.8. The van der Waals surface area contributed by atoms with E-state index in [1.807, 2.05) is 12.1 Å². The van der Waals surface area contributed by atoms with Crippen molar-refractivity contribution in [1.82, 2.24) is 19.4 Å². The number of hydrogen-bond acceptors (Lipinski definition) is 7. The van der Waals surface area contributed by atoms with Gasteiger partial charge in [0.1, 0.15) is 29.5 Å². The summed E-state index contributed by atoms with van der Waals surface area (Å²) in [6.07, 6.45) is 1.06.